The number of methoxy groups -OCH3 is 1. The van der Waals surface area contributed by atoms with Crippen LogP contribution in [0.2, 0.25) is 5.15 Å². The topological polar surface area (TPSA) is 106 Å². The molecule has 1 aliphatic heterocycles. The summed E-state index contributed by atoms with van der Waals surface area (Å²) in [5.41, 5.74) is 4.25. The van der Waals surface area contributed by atoms with Crippen LogP contribution >= 0.6 is 22.9 Å². The lowest BCUT2D eigenvalue weighted by Gasteiger charge is -2.13. The van der Waals surface area contributed by atoms with E-state index in [9.17, 15) is 9.59 Å². The first kappa shape index (κ1) is 23.2. The number of ether oxygens (including phenoxy) is 1. The number of nitrogens with one attached hydrogen (secondary N) is 2. The molecule has 1 saturated heterocycles. The highest BCUT2D eigenvalue weighted by molar-refractivity contribution is 7.22. The number of aryl methyl sites for hydroxylation is 1. The van der Waals surface area contributed by atoms with Crippen molar-refractivity contribution < 1.29 is 14.3 Å². The number of thiazole rings is 1. The number of rotatable bonds is 6. The van der Waals surface area contributed by atoms with Gasteiger partial charge in [-0.05, 0) is 49.6 Å². The van der Waals surface area contributed by atoms with Gasteiger partial charge in [0.05, 0.1) is 29.1 Å². The number of pyridine rings is 2. The Hall–Kier alpha value is -3.56. The van der Waals surface area contributed by atoms with Crippen LogP contribution < -0.4 is 15.4 Å². The molecule has 1 atom stereocenters. The van der Waals surface area contributed by atoms with Crippen LogP contribution in [-0.4, -0.2) is 40.4 Å². The maximum absolute atomic E-state index is 13.3. The molecule has 35 heavy (non-hydrogen) atoms. The number of amides is 2. The molecule has 10 heteroatoms. The van der Waals surface area contributed by atoms with E-state index >= 15 is 0 Å². The number of anilines is 1. The Morgan fingerprint density at radius 3 is 2.86 bits per heavy atom. The first-order chi connectivity index (χ1) is 16.9. The third-order valence-corrected chi connectivity index (χ3v) is 7.09. The molecule has 0 aliphatic carbocycles. The van der Waals surface area contributed by atoms with E-state index in [0.29, 0.717) is 39.1 Å². The highest BCUT2D eigenvalue weighted by Crippen LogP contribution is 2.35. The van der Waals surface area contributed by atoms with Crippen molar-refractivity contribution in [3.63, 3.8) is 0 Å². The molecule has 1 fully saturated rings. The van der Waals surface area contributed by atoms with Crippen molar-refractivity contribution in [2.45, 2.75) is 19.8 Å². The molecule has 4 heterocycles. The number of hydrogen-bond acceptors (Lipinski definition) is 7. The van der Waals surface area contributed by atoms with Gasteiger partial charge in [-0.2, -0.15) is 0 Å². The lowest BCUT2D eigenvalue weighted by atomic mass is 9.98. The molecule has 5 rings (SSSR count). The first-order valence-corrected chi connectivity index (χ1v) is 12.3. The molecule has 0 spiro atoms. The molecular formula is C25H22ClN5O3S. The fourth-order valence-electron chi connectivity index (χ4n) is 4.19. The number of carbonyl (C=O) groups excluding carboxylic acids is 2. The summed E-state index contributed by atoms with van der Waals surface area (Å²) in [6, 6.07) is 9.42. The summed E-state index contributed by atoms with van der Waals surface area (Å²) in [5.74, 6) is 0.268. The Morgan fingerprint density at radius 2 is 2.09 bits per heavy atom. The second-order valence-electron chi connectivity index (χ2n) is 8.33. The Bertz CT molecular complexity index is 1450. The van der Waals surface area contributed by atoms with Crippen LogP contribution in [0.5, 0.6) is 5.75 Å². The number of benzene rings is 1. The Labute approximate surface area is 210 Å². The molecule has 8 nitrogen and oxygen atoms in total. The fraction of sp³-hybridized carbons (Fsp3) is 0.240. The van der Waals surface area contributed by atoms with Gasteiger partial charge >= 0.3 is 0 Å². The molecule has 4 aromatic rings. The minimum Gasteiger partial charge on any atom is -0.494 e. The lowest BCUT2D eigenvalue weighted by Crippen LogP contribution is -2.20. The summed E-state index contributed by atoms with van der Waals surface area (Å²) in [5, 5.41) is 6.55. The van der Waals surface area contributed by atoms with Gasteiger partial charge in [0.2, 0.25) is 5.91 Å². The second-order valence-corrected chi connectivity index (χ2v) is 9.75. The zero-order valence-electron chi connectivity index (χ0n) is 19.1. The molecule has 1 aliphatic rings. The van der Waals surface area contributed by atoms with E-state index in [-0.39, 0.29) is 17.7 Å². The molecule has 0 radical (unpaired) electrons. The van der Waals surface area contributed by atoms with Crippen molar-refractivity contribution >= 4 is 50.1 Å². The zero-order valence-corrected chi connectivity index (χ0v) is 20.7. The van der Waals surface area contributed by atoms with Gasteiger partial charge in [0.15, 0.2) is 5.13 Å². The van der Waals surface area contributed by atoms with E-state index in [1.807, 2.05) is 31.2 Å². The molecule has 0 bridgehead atoms. The monoisotopic (exact) mass is 507 g/mol. The van der Waals surface area contributed by atoms with Crippen LogP contribution in [0.25, 0.3) is 21.3 Å². The Morgan fingerprint density at radius 1 is 1.23 bits per heavy atom. The van der Waals surface area contributed by atoms with Gasteiger partial charge in [0, 0.05) is 35.5 Å². The van der Waals surface area contributed by atoms with Crippen molar-refractivity contribution in [2.75, 3.05) is 19.0 Å². The van der Waals surface area contributed by atoms with Crippen LogP contribution in [0.3, 0.4) is 0 Å². The highest BCUT2D eigenvalue weighted by Gasteiger charge is 2.24. The van der Waals surface area contributed by atoms with Crippen LogP contribution in [-0.2, 0) is 11.2 Å². The third kappa shape index (κ3) is 4.82. The standard InChI is InChI=1S/C25H22ClN5O3S/c1-13-7-16(17-10-22(26)29-12-20(17)34-2)18(11-28-13)24(33)31-25-30-19-4-3-14(9-21(19)35-25)8-15-5-6-27-23(15)32/h3-4,7,9-12,15H,5-6,8H2,1-2H3,(H,27,32)(H,30,31,33). The fourth-order valence-corrected chi connectivity index (χ4v) is 5.27. The molecule has 1 unspecified atom stereocenters. The predicted molar refractivity (Wildman–Crippen MR) is 136 cm³/mol. The van der Waals surface area contributed by atoms with E-state index in [1.54, 1.807) is 6.07 Å². The molecular weight excluding hydrogens is 486 g/mol. The molecule has 2 amide bonds. The zero-order chi connectivity index (χ0) is 24.5. The van der Waals surface area contributed by atoms with E-state index in [2.05, 4.69) is 25.6 Å². The summed E-state index contributed by atoms with van der Waals surface area (Å²) in [6.07, 6.45) is 4.60. The van der Waals surface area contributed by atoms with Gasteiger partial charge in [-0.25, -0.2) is 9.97 Å². The Kier molecular flexibility index (Phi) is 6.36. The smallest absolute Gasteiger partial charge is 0.259 e. The lowest BCUT2D eigenvalue weighted by molar-refractivity contribution is -0.122. The molecule has 0 saturated carbocycles. The molecule has 2 N–H and O–H groups in total. The second kappa shape index (κ2) is 9.59. The van der Waals surface area contributed by atoms with Crippen LogP contribution in [0, 0.1) is 12.8 Å². The third-order valence-electron chi connectivity index (χ3n) is 5.95. The van der Waals surface area contributed by atoms with Gasteiger partial charge in [0.1, 0.15) is 10.9 Å². The van der Waals surface area contributed by atoms with Crippen molar-refractivity contribution in [1.29, 1.82) is 0 Å². The van der Waals surface area contributed by atoms with Gasteiger partial charge in [-0.1, -0.05) is 29.0 Å². The van der Waals surface area contributed by atoms with Crippen LogP contribution in [0.15, 0.2) is 42.7 Å². The van der Waals surface area contributed by atoms with Crippen molar-refractivity contribution in [3.8, 4) is 16.9 Å². The van der Waals surface area contributed by atoms with Crippen LogP contribution in [0.4, 0.5) is 5.13 Å². The molecule has 1 aromatic carbocycles. The van der Waals surface area contributed by atoms with E-state index in [1.165, 1.54) is 30.8 Å². The minimum atomic E-state index is -0.343. The van der Waals surface area contributed by atoms with E-state index in [4.69, 9.17) is 16.3 Å². The average Bonchev–Trinajstić information content (AvgIpc) is 3.43. The summed E-state index contributed by atoms with van der Waals surface area (Å²) >= 11 is 7.52. The molecule has 3 aromatic heterocycles. The summed E-state index contributed by atoms with van der Waals surface area (Å²) in [7, 11) is 1.54. The van der Waals surface area contributed by atoms with Crippen molar-refractivity contribution in [2.24, 2.45) is 5.92 Å². The normalized spacial score (nSPS) is 15.3. The minimum absolute atomic E-state index is 0.00526. The average molecular weight is 508 g/mol. The molecule has 178 valence electrons. The van der Waals surface area contributed by atoms with Gasteiger partial charge in [-0.15, -0.1) is 0 Å². The number of halogens is 1. The number of aromatic nitrogens is 3. The number of fused-ring (bicyclic) bond motifs is 1. The SMILES string of the molecule is COc1cnc(Cl)cc1-c1cc(C)ncc1C(=O)Nc1nc2ccc(CC3CCNC3=O)cc2s1. The maximum atomic E-state index is 13.3. The maximum Gasteiger partial charge on any atom is 0.259 e. The number of nitrogens with zero attached hydrogens (tertiary/aromatic N) is 3. The Balaban J connectivity index is 1.42. The van der Waals surface area contributed by atoms with E-state index in [0.717, 1.165) is 34.4 Å². The number of hydrogen-bond donors (Lipinski definition) is 2. The summed E-state index contributed by atoms with van der Waals surface area (Å²) in [6.45, 7) is 2.58. The van der Waals surface area contributed by atoms with E-state index < -0.39 is 0 Å². The van der Waals surface area contributed by atoms with Crippen molar-refractivity contribution in [1.82, 2.24) is 20.3 Å². The summed E-state index contributed by atoms with van der Waals surface area (Å²) < 4.78 is 6.39. The highest BCUT2D eigenvalue weighted by atomic mass is 35.5. The first-order valence-electron chi connectivity index (χ1n) is 11.1. The predicted octanol–water partition coefficient (Wildman–Crippen LogP) is 4.65. The summed E-state index contributed by atoms with van der Waals surface area (Å²) in [4.78, 5) is 38.2. The largest absolute Gasteiger partial charge is 0.494 e. The van der Waals surface area contributed by atoms with Gasteiger partial charge in [0.25, 0.3) is 5.91 Å². The van der Waals surface area contributed by atoms with Crippen LogP contribution in [0.1, 0.15) is 28.0 Å². The van der Waals surface area contributed by atoms with Gasteiger partial charge < -0.3 is 10.1 Å². The number of carbonyl (C=O) groups is 2. The quantitative estimate of drug-likeness (QED) is 0.368. The van der Waals surface area contributed by atoms with Gasteiger partial charge in [-0.3, -0.25) is 19.9 Å². The van der Waals surface area contributed by atoms with Crippen molar-refractivity contribution in [3.05, 3.63) is 64.7 Å².